The Hall–Kier alpha value is -1.58. The number of carbonyl (C=O) groups excluding carboxylic acids is 1. The molecule has 10 heteroatoms. The number of allylic oxidation sites excluding steroid dienone is 8. The maximum absolute atomic E-state index is 12.7. The molecule has 3 N–H and O–H groups in total. The quantitative estimate of drug-likeness (QED) is 0.0236. The second-order valence-electron chi connectivity index (χ2n) is 17.2. The first-order chi connectivity index (χ1) is 30.3. The molecule has 0 aliphatic rings. The number of hydrogen-bond acceptors (Lipinski definition) is 8. The average Bonchev–Trinajstić information content (AvgIpc) is 3.26. The fourth-order valence-electron chi connectivity index (χ4n) is 7.17. The van der Waals surface area contributed by atoms with Crippen molar-refractivity contribution in [3.8, 4) is 0 Å². The fraction of sp³-hybridized carbons (Fsp3) is 0.827. The number of ether oxygens (including phenoxy) is 2. The molecule has 0 bridgehead atoms. The molecule has 0 heterocycles. The summed E-state index contributed by atoms with van der Waals surface area (Å²) in [6.07, 6.45) is 56.5. The molecule has 0 saturated heterocycles. The molecule has 62 heavy (non-hydrogen) atoms. The zero-order valence-electron chi connectivity index (χ0n) is 40.1. The van der Waals surface area contributed by atoms with Crippen LogP contribution in [0.4, 0.5) is 0 Å². The molecule has 3 unspecified atom stereocenters. The van der Waals surface area contributed by atoms with Crippen molar-refractivity contribution < 1.29 is 43.0 Å². The van der Waals surface area contributed by atoms with E-state index < -0.39 is 33.2 Å². The highest BCUT2D eigenvalue weighted by Crippen LogP contribution is 2.43. The summed E-state index contributed by atoms with van der Waals surface area (Å²) in [6.45, 7) is 3.42. The summed E-state index contributed by atoms with van der Waals surface area (Å²) < 4.78 is 33.5. The predicted molar refractivity (Wildman–Crippen MR) is 260 cm³/mol. The number of rotatable bonds is 49. The lowest BCUT2D eigenvalue weighted by molar-refractivity contribution is -0.154. The highest BCUT2D eigenvalue weighted by atomic mass is 31.2. The van der Waals surface area contributed by atoms with Crippen LogP contribution in [0.1, 0.15) is 232 Å². The van der Waals surface area contributed by atoms with Gasteiger partial charge in [-0.2, -0.15) is 0 Å². The highest BCUT2D eigenvalue weighted by Gasteiger charge is 2.26. The SMILES string of the molecule is CC/C=C\C/C=C\C/C=C\C/C=C\CCCCCCCCCOCC(COP(=O)(O)OCC(O)CO)OC(=O)CCCCCCCCCCCCCCCCCCCCCCC. The molecule has 0 rings (SSSR count). The maximum Gasteiger partial charge on any atom is 0.472 e. The van der Waals surface area contributed by atoms with Gasteiger partial charge in [0.05, 0.1) is 26.4 Å². The van der Waals surface area contributed by atoms with Crippen molar-refractivity contribution >= 4 is 13.8 Å². The summed E-state index contributed by atoms with van der Waals surface area (Å²) in [5.74, 6) is -0.383. The van der Waals surface area contributed by atoms with Crippen molar-refractivity contribution in [1.29, 1.82) is 0 Å². The smallest absolute Gasteiger partial charge is 0.457 e. The van der Waals surface area contributed by atoms with Crippen LogP contribution in [0.3, 0.4) is 0 Å². The van der Waals surface area contributed by atoms with Gasteiger partial charge >= 0.3 is 13.8 Å². The Labute approximate surface area is 381 Å². The van der Waals surface area contributed by atoms with Crippen LogP contribution in [0.15, 0.2) is 48.6 Å². The molecule has 3 atom stereocenters. The summed E-state index contributed by atoms with van der Waals surface area (Å²) in [6, 6.07) is 0. The lowest BCUT2D eigenvalue weighted by Gasteiger charge is -2.20. The van der Waals surface area contributed by atoms with Gasteiger partial charge < -0.3 is 24.6 Å². The van der Waals surface area contributed by atoms with Gasteiger partial charge in [-0.1, -0.05) is 223 Å². The number of phosphoric acid groups is 1. The molecule has 0 aromatic heterocycles. The first kappa shape index (κ1) is 60.4. The predicted octanol–water partition coefficient (Wildman–Crippen LogP) is 14.9. The van der Waals surface area contributed by atoms with Gasteiger partial charge in [0.25, 0.3) is 0 Å². The van der Waals surface area contributed by atoms with Crippen LogP contribution in [-0.2, 0) is 27.9 Å². The van der Waals surface area contributed by atoms with Crippen molar-refractivity contribution in [3.63, 3.8) is 0 Å². The van der Waals surface area contributed by atoms with E-state index in [1.807, 2.05) is 0 Å². The van der Waals surface area contributed by atoms with Crippen molar-refractivity contribution in [2.45, 2.75) is 244 Å². The summed E-state index contributed by atoms with van der Waals surface area (Å²) >= 11 is 0. The lowest BCUT2D eigenvalue weighted by Crippen LogP contribution is -2.29. The van der Waals surface area contributed by atoms with E-state index in [-0.39, 0.29) is 25.6 Å². The molecule has 0 aromatic rings. The Kier molecular flexibility index (Phi) is 47.6. The number of phosphoric ester groups is 1. The third-order valence-electron chi connectivity index (χ3n) is 11.0. The van der Waals surface area contributed by atoms with Crippen LogP contribution in [0.2, 0.25) is 0 Å². The van der Waals surface area contributed by atoms with E-state index in [9.17, 15) is 19.4 Å². The first-order valence-electron chi connectivity index (χ1n) is 25.6. The van der Waals surface area contributed by atoms with E-state index in [1.54, 1.807) is 0 Å². The minimum Gasteiger partial charge on any atom is -0.457 e. The molecule has 9 nitrogen and oxygen atoms in total. The van der Waals surface area contributed by atoms with Crippen molar-refractivity contribution in [3.05, 3.63) is 48.6 Å². The second-order valence-corrected chi connectivity index (χ2v) is 18.6. The second kappa shape index (κ2) is 48.9. The maximum atomic E-state index is 12.7. The molecule has 0 fully saturated rings. The zero-order chi connectivity index (χ0) is 45.3. The Morgan fingerprint density at radius 3 is 1.39 bits per heavy atom. The van der Waals surface area contributed by atoms with Crippen LogP contribution in [0, 0.1) is 0 Å². The third kappa shape index (κ3) is 47.9. The van der Waals surface area contributed by atoms with Crippen LogP contribution < -0.4 is 0 Å². The van der Waals surface area contributed by atoms with Gasteiger partial charge in [-0.05, 0) is 51.4 Å². The summed E-state index contributed by atoms with van der Waals surface area (Å²) in [5.41, 5.74) is 0. The van der Waals surface area contributed by atoms with Crippen LogP contribution >= 0.6 is 7.82 Å². The Balaban J connectivity index is 4.08. The monoisotopic (exact) mass is 897 g/mol. The van der Waals surface area contributed by atoms with E-state index in [1.165, 1.54) is 141 Å². The Bertz CT molecular complexity index is 1110. The van der Waals surface area contributed by atoms with Gasteiger partial charge in [-0.15, -0.1) is 0 Å². The molecule has 0 aromatic carbocycles. The van der Waals surface area contributed by atoms with Crippen LogP contribution in [-0.4, -0.2) is 66.3 Å². The molecular formula is C52H97O9P. The molecule has 0 saturated carbocycles. The Morgan fingerprint density at radius 2 is 0.919 bits per heavy atom. The number of esters is 1. The zero-order valence-corrected chi connectivity index (χ0v) is 41.0. The molecule has 0 radical (unpaired) electrons. The molecule has 0 aliphatic heterocycles. The van der Waals surface area contributed by atoms with Crippen LogP contribution in [0.5, 0.6) is 0 Å². The first-order valence-corrected chi connectivity index (χ1v) is 27.1. The lowest BCUT2D eigenvalue weighted by atomic mass is 10.0. The minimum absolute atomic E-state index is 0.0433. The van der Waals surface area contributed by atoms with E-state index in [4.69, 9.17) is 23.6 Å². The van der Waals surface area contributed by atoms with Crippen LogP contribution in [0.25, 0.3) is 0 Å². The summed E-state index contributed by atoms with van der Waals surface area (Å²) in [4.78, 5) is 22.7. The number of unbranched alkanes of at least 4 members (excludes halogenated alkanes) is 27. The largest absolute Gasteiger partial charge is 0.472 e. The molecule has 0 amide bonds. The van der Waals surface area contributed by atoms with Gasteiger partial charge in [0, 0.05) is 13.0 Å². The molecule has 0 aliphatic carbocycles. The van der Waals surface area contributed by atoms with Gasteiger partial charge in [-0.3, -0.25) is 13.8 Å². The van der Waals surface area contributed by atoms with E-state index in [0.29, 0.717) is 6.61 Å². The fourth-order valence-corrected chi connectivity index (χ4v) is 7.96. The van der Waals surface area contributed by atoms with Gasteiger partial charge in [0.1, 0.15) is 12.2 Å². The number of hydrogen-bond donors (Lipinski definition) is 3. The van der Waals surface area contributed by atoms with Crippen molar-refractivity contribution in [2.24, 2.45) is 0 Å². The topological polar surface area (TPSA) is 132 Å². The van der Waals surface area contributed by atoms with E-state index in [2.05, 4.69) is 62.5 Å². The normalized spacial score (nSPS) is 14.2. The van der Waals surface area contributed by atoms with Crippen molar-refractivity contribution in [2.75, 3.05) is 33.0 Å². The number of aliphatic hydroxyl groups is 2. The Morgan fingerprint density at radius 1 is 0.516 bits per heavy atom. The van der Waals surface area contributed by atoms with Gasteiger partial charge in [0.15, 0.2) is 0 Å². The van der Waals surface area contributed by atoms with Gasteiger partial charge in [0.2, 0.25) is 0 Å². The average molecular weight is 897 g/mol. The minimum atomic E-state index is -4.53. The molecular weight excluding hydrogens is 800 g/mol. The van der Waals surface area contributed by atoms with E-state index >= 15 is 0 Å². The third-order valence-corrected chi connectivity index (χ3v) is 12.0. The van der Waals surface area contributed by atoms with Crippen molar-refractivity contribution in [1.82, 2.24) is 0 Å². The summed E-state index contributed by atoms with van der Waals surface area (Å²) in [5, 5.41) is 18.4. The number of carbonyl (C=O) groups is 1. The van der Waals surface area contributed by atoms with E-state index in [0.717, 1.165) is 70.6 Å². The highest BCUT2D eigenvalue weighted by molar-refractivity contribution is 7.47. The molecule has 0 spiro atoms. The van der Waals surface area contributed by atoms with Gasteiger partial charge in [-0.25, -0.2) is 4.57 Å². The standard InChI is InChI=1S/C52H97O9P/c1-3-5-7-9-11-13-15-17-19-21-23-25-26-28-30-32-34-36-38-40-42-44-52(55)61-51(49-60-62(56,57)59-47-50(54)46-53)48-58-45-43-41-39-37-35-33-31-29-27-24-22-20-18-16-14-12-10-8-6-4-2/h6,8,12,14,18,20,24,27,50-51,53-54H,3-5,7,9-11,13,15-17,19,21-23,25-26,28-49H2,1-2H3,(H,56,57)/b8-6-,14-12-,20-18-,27-24-. The molecule has 364 valence electrons. The number of aliphatic hydroxyl groups excluding tert-OH is 2. The summed E-state index contributed by atoms with van der Waals surface area (Å²) in [7, 11) is -4.53.